The van der Waals surface area contributed by atoms with Crippen LogP contribution in [-0.2, 0) is 16.1 Å². The van der Waals surface area contributed by atoms with E-state index in [1.165, 1.54) is 5.56 Å². The van der Waals surface area contributed by atoms with E-state index in [9.17, 15) is 4.79 Å². The number of ether oxygens (including phenoxy) is 1. The van der Waals surface area contributed by atoms with E-state index >= 15 is 0 Å². The number of fused-ring (bicyclic) bond motifs is 2. The van der Waals surface area contributed by atoms with Crippen molar-refractivity contribution in [1.29, 1.82) is 0 Å². The van der Waals surface area contributed by atoms with Crippen LogP contribution < -0.4 is 0 Å². The Morgan fingerprint density at radius 1 is 1.27 bits per heavy atom. The van der Waals surface area contributed by atoms with Gasteiger partial charge in [0, 0.05) is 52.4 Å². The van der Waals surface area contributed by atoms with E-state index in [0.717, 1.165) is 56.5 Å². The lowest BCUT2D eigenvalue weighted by molar-refractivity contribution is -0.141. The van der Waals surface area contributed by atoms with Gasteiger partial charge in [-0.1, -0.05) is 6.07 Å². The summed E-state index contributed by atoms with van der Waals surface area (Å²) in [5.74, 6) is 0.890. The number of methoxy groups -OCH3 is 1. The first-order valence-corrected chi connectivity index (χ1v) is 9.46. The summed E-state index contributed by atoms with van der Waals surface area (Å²) in [6, 6.07) is 6.51. The Morgan fingerprint density at radius 2 is 2.15 bits per heavy atom. The SMILES string of the molecule is COCCCN1C(=O)CC[C@H]2CN(Cc3ccc4nonc4c3)CC[C@H]21. The molecule has 2 aromatic rings. The normalized spacial score (nSPS) is 24.2. The molecule has 0 N–H and O–H groups in total. The van der Waals surface area contributed by atoms with Crippen LogP contribution in [0.15, 0.2) is 22.8 Å². The fraction of sp³-hybridized carbons (Fsp3) is 0.632. The first kappa shape index (κ1) is 17.4. The van der Waals surface area contributed by atoms with Crippen molar-refractivity contribution in [2.24, 2.45) is 5.92 Å². The third-order valence-corrected chi connectivity index (χ3v) is 5.70. The minimum Gasteiger partial charge on any atom is -0.385 e. The largest absolute Gasteiger partial charge is 0.385 e. The van der Waals surface area contributed by atoms with Crippen LogP contribution in [0.2, 0.25) is 0 Å². The van der Waals surface area contributed by atoms with Gasteiger partial charge in [-0.25, -0.2) is 4.63 Å². The van der Waals surface area contributed by atoms with Gasteiger partial charge in [0.05, 0.1) is 0 Å². The number of aromatic nitrogens is 2. The average Bonchev–Trinajstić information content (AvgIpc) is 3.11. The number of amides is 1. The molecule has 1 amide bonds. The molecule has 7 heteroatoms. The molecule has 1 aromatic carbocycles. The highest BCUT2D eigenvalue weighted by molar-refractivity contribution is 5.77. The van der Waals surface area contributed by atoms with Crippen molar-refractivity contribution in [3.63, 3.8) is 0 Å². The Labute approximate surface area is 153 Å². The average molecular weight is 358 g/mol. The van der Waals surface area contributed by atoms with E-state index < -0.39 is 0 Å². The first-order chi connectivity index (χ1) is 12.7. The Kier molecular flexibility index (Phi) is 5.17. The topological polar surface area (TPSA) is 71.7 Å². The van der Waals surface area contributed by atoms with Crippen LogP contribution >= 0.6 is 0 Å². The Morgan fingerprint density at radius 3 is 3.04 bits per heavy atom. The number of piperidine rings is 2. The van der Waals surface area contributed by atoms with Gasteiger partial charge in [-0.2, -0.15) is 0 Å². The van der Waals surface area contributed by atoms with Gasteiger partial charge in [-0.3, -0.25) is 9.69 Å². The summed E-state index contributed by atoms with van der Waals surface area (Å²) in [6.07, 6.45) is 3.66. The lowest BCUT2D eigenvalue weighted by Gasteiger charge is -2.47. The maximum Gasteiger partial charge on any atom is 0.222 e. The molecule has 0 aliphatic carbocycles. The summed E-state index contributed by atoms with van der Waals surface area (Å²) in [6.45, 7) is 4.51. The van der Waals surface area contributed by atoms with Gasteiger partial charge in [-0.05, 0) is 53.2 Å². The lowest BCUT2D eigenvalue weighted by atomic mass is 9.83. The maximum atomic E-state index is 12.4. The van der Waals surface area contributed by atoms with Crippen LogP contribution in [0.3, 0.4) is 0 Å². The molecule has 4 rings (SSSR count). The Bertz CT molecular complexity index is 762. The smallest absolute Gasteiger partial charge is 0.222 e. The quantitative estimate of drug-likeness (QED) is 0.736. The molecule has 2 aliphatic heterocycles. The number of carbonyl (C=O) groups is 1. The van der Waals surface area contributed by atoms with Gasteiger partial charge in [0.2, 0.25) is 5.91 Å². The summed E-state index contributed by atoms with van der Waals surface area (Å²) in [5.41, 5.74) is 2.84. The number of benzene rings is 1. The number of hydrogen-bond acceptors (Lipinski definition) is 6. The number of nitrogens with zero attached hydrogens (tertiary/aromatic N) is 4. The summed E-state index contributed by atoms with van der Waals surface area (Å²) >= 11 is 0. The predicted octanol–water partition coefficient (Wildman–Crippen LogP) is 2.07. The highest BCUT2D eigenvalue weighted by Crippen LogP contribution is 2.32. The number of likely N-dealkylation sites (tertiary alicyclic amines) is 2. The second kappa shape index (κ2) is 7.72. The highest BCUT2D eigenvalue weighted by atomic mass is 16.6. The third-order valence-electron chi connectivity index (χ3n) is 5.70. The van der Waals surface area contributed by atoms with Gasteiger partial charge >= 0.3 is 0 Å². The molecule has 0 radical (unpaired) electrons. The van der Waals surface area contributed by atoms with Gasteiger partial charge in [0.1, 0.15) is 11.0 Å². The van der Waals surface area contributed by atoms with Crippen LogP contribution in [0.1, 0.15) is 31.2 Å². The lowest BCUT2D eigenvalue weighted by Crippen LogP contribution is -2.56. The highest BCUT2D eigenvalue weighted by Gasteiger charge is 2.38. The maximum absolute atomic E-state index is 12.4. The molecular formula is C19H26N4O3. The van der Waals surface area contributed by atoms with E-state index in [0.29, 0.717) is 30.9 Å². The van der Waals surface area contributed by atoms with Crippen LogP contribution in [0.25, 0.3) is 11.0 Å². The molecule has 0 saturated carbocycles. The van der Waals surface area contributed by atoms with Crippen LogP contribution in [-0.4, -0.2) is 65.4 Å². The fourth-order valence-electron chi connectivity index (χ4n) is 4.42. The Hall–Kier alpha value is -1.99. The van der Waals surface area contributed by atoms with Crippen LogP contribution in [0.4, 0.5) is 0 Å². The van der Waals surface area contributed by atoms with E-state index in [1.807, 2.05) is 6.07 Å². The molecule has 0 unspecified atom stereocenters. The third kappa shape index (κ3) is 3.59. The number of carbonyl (C=O) groups excluding carboxylic acids is 1. The van der Waals surface area contributed by atoms with E-state index in [-0.39, 0.29) is 0 Å². The zero-order valence-electron chi connectivity index (χ0n) is 15.3. The first-order valence-electron chi connectivity index (χ1n) is 9.46. The van der Waals surface area contributed by atoms with Crippen molar-refractivity contribution in [1.82, 2.24) is 20.1 Å². The summed E-state index contributed by atoms with van der Waals surface area (Å²) < 4.78 is 9.93. The molecule has 1 aromatic heterocycles. The molecule has 0 spiro atoms. The second-order valence-electron chi connectivity index (χ2n) is 7.41. The van der Waals surface area contributed by atoms with Gasteiger partial charge in [-0.15, -0.1) is 0 Å². The number of rotatable bonds is 6. The van der Waals surface area contributed by atoms with Gasteiger partial charge < -0.3 is 9.64 Å². The monoisotopic (exact) mass is 358 g/mol. The molecule has 2 atom stereocenters. The zero-order valence-corrected chi connectivity index (χ0v) is 15.3. The van der Waals surface area contributed by atoms with Crippen molar-refractivity contribution in [3.8, 4) is 0 Å². The van der Waals surface area contributed by atoms with E-state index in [4.69, 9.17) is 9.37 Å². The number of hydrogen-bond donors (Lipinski definition) is 0. The Balaban J connectivity index is 1.38. The van der Waals surface area contributed by atoms with Crippen LogP contribution in [0.5, 0.6) is 0 Å². The molecule has 140 valence electrons. The van der Waals surface area contributed by atoms with Crippen molar-refractivity contribution in [2.45, 2.75) is 38.3 Å². The molecule has 7 nitrogen and oxygen atoms in total. The summed E-state index contributed by atoms with van der Waals surface area (Å²) in [7, 11) is 1.71. The van der Waals surface area contributed by atoms with E-state index in [1.54, 1.807) is 7.11 Å². The minimum atomic E-state index is 0.319. The molecule has 2 aliphatic rings. The molecule has 0 bridgehead atoms. The molecule has 2 fully saturated rings. The van der Waals surface area contributed by atoms with Crippen molar-refractivity contribution in [2.75, 3.05) is 33.4 Å². The minimum absolute atomic E-state index is 0.319. The standard InChI is InChI=1S/C19H26N4O3/c1-25-10-2-8-23-18-7-9-22(13-15(18)4-6-19(23)24)12-14-3-5-16-17(11-14)21-26-20-16/h3,5,11,15,18H,2,4,6-10,12-13H2,1H3/t15-,18+/m0/s1. The van der Waals surface area contributed by atoms with Gasteiger partial charge in [0.25, 0.3) is 0 Å². The van der Waals surface area contributed by atoms with Gasteiger partial charge in [0.15, 0.2) is 0 Å². The van der Waals surface area contributed by atoms with Crippen molar-refractivity contribution >= 4 is 16.9 Å². The van der Waals surface area contributed by atoms with E-state index in [2.05, 4.69) is 32.2 Å². The van der Waals surface area contributed by atoms with Crippen molar-refractivity contribution in [3.05, 3.63) is 23.8 Å². The summed E-state index contributed by atoms with van der Waals surface area (Å²) in [4.78, 5) is 17.0. The summed E-state index contributed by atoms with van der Waals surface area (Å²) in [5, 5.41) is 7.79. The van der Waals surface area contributed by atoms with Crippen LogP contribution in [0, 0.1) is 5.92 Å². The molecule has 26 heavy (non-hydrogen) atoms. The zero-order chi connectivity index (χ0) is 17.9. The second-order valence-corrected chi connectivity index (χ2v) is 7.41. The molecule has 2 saturated heterocycles. The molecular weight excluding hydrogens is 332 g/mol. The fourth-order valence-corrected chi connectivity index (χ4v) is 4.42. The van der Waals surface area contributed by atoms with Crippen molar-refractivity contribution < 1.29 is 14.2 Å². The predicted molar refractivity (Wildman–Crippen MR) is 96.4 cm³/mol. The molecule has 3 heterocycles.